The van der Waals surface area contributed by atoms with Crippen LogP contribution in [0.15, 0.2) is 0 Å². The first-order valence-electron chi connectivity index (χ1n) is 5.85. The van der Waals surface area contributed by atoms with Gasteiger partial charge in [-0.3, -0.25) is 0 Å². The van der Waals surface area contributed by atoms with Crippen molar-refractivity contribution < 1.29 is 21.1 Å². The van der Waals surface area contributed by atoms with Crippen LogP contribution in [-0.4, -0.2) is 4.75 Å². The van der Waals surface area contributed by atoms with Gasteiger partial charge in [-0.05, 0) is 0 Å². The molecule has 0 aromatic rings. The fourth-order valence-corrected chi connectivity index (χ4v) is 2.06. The predicted octanol–water partition coefficient (Wildman–Crippen LogP) is 4.78. The van der Waals surface area contributed by atoms with Crippen LogP contribution >= 0.6 is 12.6 Å². The molecule has 0 aromatic heterocycles. The fourth-order valence-electron chi connectivity index (χ4n) is 1.52. The van der Waals surface area contributed by atoms with Gasteiger partial charge < -0.3 is 0 Å². The number of rotatable bonds is 9. The van der Waals surface area contributed by atoms with Crippen LogP contribution in [-0.2, 0) is 21.1 Å². The number of unbranched alkanes of at least 4 members (excludes halogenated alkanes) is 6. The number of thiol groups is 1. The summed E-state index contributed by atoms with van der Waals surface area (Å²) in [6.07, 6.45) is 11.1. The minimum atomic E-state index is 0.256. The molecule has 0 bridgehead atoms. The molecule has 90 valence electrons. The molecule has 1 atom stereocenters. The number of hydrogen-bond acceptors (Lipinski definition) is 1. The Hall–Kier alpha value is 1.09. The Morgan fingerprint density at radius 3 is 2.00 bits per heavy atom. The summed E-state index contributed by atoms with van der Waals surface area (Å²) < 4.78 is 1.39. The fraction of sp³-hybridized carbons (Fsp3) is 1.00. The third-order valence-electron chi connectivity index (χ3n) is 2.55. The van der Waals surface area contributed by atoms with Crippen molar-refractivity contribution in [2.45, 2.75) is 74.6 Å². The molecule has 0 saturated heterocycles. The zero-order valence-corrected chi connectivity index (χ0v) is 12.7. The molecule has 0 aliphatic rings. The van der Waals surface area contributed by atoms with E-state index in [1.807, 2.05) is 0 Å². The second-order valence-corrected chi connectivity index (χ2v) is 6.32. The molecule has 0 aromatic carbocycles. The Morgan fingerprint density at radius 2 is 1.50 bits per heavy atom. The van der Waals surface area contributed by atoms with Crippen LogP contribution in [0.4, 0.5) is 0 Å². The van der Waals surface area contributed by atoms with Crippen LogP contribution in [0.25, 0.3) is 0 Å². The maximum atomic E-state index is 4.63. The third kappa shape index (κ3) is 9.64. The zero-order chi connectivity index (χ0) is 10.9. The van der Waals surface area contributed by atoms with Gasteiger partial charge in [0.05, 0.1) is 0 Å². The van der Waals surface area contributed by atoms with Gasteiger partial charge in [-0.15, -0.1) is 0 Å². The van der Waals surface area contributed by atoms with E-state index in [-0.39, 0.29) is 4.75 Å². The summed E-state index contributed by atoms with van der Waals surface area (Å²) in [5.74, 6) is 0. The molecule has 0 aliphatic carbocycles. The Morgan fingerprint density at radius 1 is 1.00 bits per heavy atom. The maximum absolute atomic E-state index is 4.63. The second-order valence-electron chi connectivity index (χ2n) is 4.47. The van der Waals surface area contributed by atoms with Gasteiger partial charge in [-0.2, -0.15) is 0 Å². The van der Waals surface area contributed by atoms with Crippen molar-refractivity contribution in [3.8, 4) is 0 Å². The molecule has 0 spiro atoms. The van der Waals surface area contributed by atoms with Crippen LogP contribution in [0.2, 0.25) is 4.64 Å². The third-order valence-corrected chi connectivity index (χ3v) is 5.20. The predicted molar refractivity (Wildman–Crippen MR) is 64.8 cm³/mol. The van der Waals surface area contributed by atoms with Gasteiger partial charge in [0, 0.05) is 0 Å². The van der Waals surface area contributed by atoms with E-state index in [0.29, 0.717) is 0 Å². The monoisotopic (exact) mass is 398 g/mol. The summed E-state index contributed by atoms with van der Waals surface area (Å²) in [6.45, 7) is 4.51. The first-order chi connectivity index (χ1) is 6.62. The molecular weight excluding hydrogens is 373 g/mol. The molecule has 0 heterocycles. The Balaban J connectivity index is 3.13. The van der Waals surface area contributed by atoms with Crippen molar-refractivity contribution in [2.75, 3.05) is 0 Å². The Bertz CT molecular complexity index is 123. The molecule has 0 radical (unpaired) electrons. The molecule has 0 N–H and O–H groups in total. The Labute approximate surface area is 108 Å². The summed E-state index contributed by atoms with van der Waals surface area (Å²) in [5.41, 5.74) is 0. The van der Waals surface area contributed by atoms with E-state index < -0.39 is 0 Å². The Kier molecular flexibility index (Phi) is 10.1. The van der Waals surface area contributed by atoms with E-state index in [4.69, 9.17) is 0 Å². The molecule has 0 rings (SSSR count). The van der Waals surface area contributed by atoms with Crippen LogP contribution in [0.5, 0.6) is 0 Å². The molecular formula is C12H25AuS. The summed E-state index contributed by atoms with van der Waals surface area (Å²) in [4.78, 5) is 0. The average molecular weight is 398 g/mol. The van der Waals surface area contributed by atoms with Crippen molar-refractivity contribution >= 4 is 12.6 Å². The van der Waals surface area contributed by atoms with E-state index in [1.165, 1.54) is 51.4 Å². The molecule has 14 heavy (non-hydrogen) atoms. The van der Waals surface area contributed by atoms with Crippen LogP contribution in [0, 0.1) is 0 Å². The molecule has 0 saturated carbocycles. The topological polar surface area (TPSA) is 0 Å². The van der Waals surface area contributed by atoms with Crippen molar-refractivity contribution in [3.63, 3.8) is 0 Å². The van der Waals surface area contributed by atoms with Gasteiger partial charge in [-0.25, -0.2) is 0 Å². The minimum absolute atomic E-state index is 0.256. The summed E-state index contributed by atoms with van der Waals surface area (Å²) in [6, 6.07) is 0. The molecule has 0 aliphatic heterocycles. The van der Waals surface area contributed by atoms with Crippen molar-refractivity contribution in [3.05, 3.63) is 0 Å². The first-order valence-corrected chi connectivity index (χ1v) is 7.83. The first kappa shape index (κ1) is 15.1. The van der Waals surface area contributed by atoms with E-state index >= 15 is 0 Å². The van der Waals surface area contributed by atoms with Gasteiger partial charge in [0.1, 0.15) is 0 Å². The summed E-state index contributed by atoms with van der Waals surface area (Å²) in [7, 11) is 0. The van der Waals surface area contributed by atoms with Crippen LogP contribution in [0.3, 0.4) is 0 Å². The van der Waals surface area contributed by atoms with Crippen molar-refractivity contribution in [1.82, 2.24) is 0 Å². The summed E-state index contributed by atoms with van der Waals surface area (Å²) in [5, 5.41) is 0. The summed E-state index contributed by atoms with van der Waals surface area (Å²) >= 11 is 7.24. The van der Waals surface area contributed by atoms with E-state index in [9.17, 15) is 0 Å². The van der Waals surface area contributed by atoms with E-state index in [1.54, 1.807) is 0 Å². The van der Waals surface area contributed by atoms with E-state index in [0.717, 1.165) is 4.64 Å². The van der Waals surface area contributed by atoms with Crippen LogP contribution < -0.4 is 0 Å². The van der Waals surface area contributed by atoms with Crippen molar-refractivity contribution in [2.24, 2.45) is 0 Å². The normalized spacial score (nSPS) is 15.5. The zero-order valence-electron chi connectivity index (χ0n) is 9.61. The quantitative estimate of drug-likeness (QED) is 0.323. The van der Waals surface area contributed by atoms with E-state index in [2.05, 4.69) is 47.5 Å². The molecule has 0 amide bonds. The van der Waals surface area contributed by atoms with Gasteiger partial charge in [-0.1, -0.05) is 0 Å². The van der Waals surface area contributed by atoms with Gasteiger partial charge in [0.15, 0.2) is 0 Å². The second kappa shape index (κ2) is 9.33. The van der Waals surface area contributed by atoms with Gasteiger partial charge in [0.25, 0.3) is 0 Å². The average Bonchev–Trinajstić information content (AvgIpc) is 2.16. The van der Waals surface area contributed by atoms with Gasteiger partial charge >= 0.3 is 108 Å². The number of hydrogen-bond donors (Lipinski definition) is 1. The molecule has 0 fully saturated rings. The molecule has 0 nitrogen and oxygen atoms in total. The van der Waals surface area contributed by atoms with Crippen molar-refractivity contribution in [1.29, 1.82) is 0 Å². The SMILES string of the molecule is CCCCCCCCCC(C)(S)[CH2][Au]. The molecule has 2 heteroatoms. The van der Waals surface area contributed by atoms with Crippen LogP contribution in [0.1, 0.15) is 65.2 Å². The van der Waals surface area contributed by atoms with Gasteiger partial charge in [0.2, 0.25) is 0 Å². The molecule has 1 unspecified atom stereocenters. The standard InChI is InChI=1S/C12H25S.Au/c1-4-5-6-7-8-9-10-11-12(2,3)13;/h13H,2,4-11H2,1,3H3;.